The third-order valence-corrected chi connectivity index (χ3v) is 16.6. The largest absolute Gasteiger partial charge is 0.501 e. The maximum Gasteiger partial charge on any atom is 0.501 e. The summed E-state index contributed by atoms with van der Waals surface area (Å²) in [5, 5.41) is 0. The molecule has 0 saturated carbocycles. The van der Waals surface area contributed by atoms with E-state index in [1.54, 1.807) is 21.3 Å². The fourth-order valence-corrected chi connectivity index (χ4v) is 19.6. The molecule has 0 aliphatic carbocycles. The first-order chi connectivity index (χ1) is 13.8. The van der Waals surface area contributed by atoms with Crippen LogP contribution in [0.15, 0.2) is 0 Å². The van der Waals surface area contributed by atoms with Crippen molar-refractivity contribution < 1.29 is 35.7 Å². The van der Waals surface area contributed by atoms with Crippen molar-refractivity contribution in [3.8, 4) is 0 Å². The van der Waals surface area contributed by atoms with Gasteiger partial charge in [-0.25, -0.2) is 0 Å². The van der Waals surface area contributed by atoms with Crippen molar-refractivity contribution in [3.63, 3.8) is 0 Å². The maximum atomic E-state index is 6.65. The average molecular weight is 503 g/mol. The van der Waals surface area contributed by atoms with Gasteiger partial charge in [0.05, 0.1) is 39.6 Å². The first-order valence-corrected chi connectivity index (χ1v) is 21.9. The summed E-state index contributed by atoms with van der Waals surface area (Å²) in [6.45, 7) is 18.0. The van der Waals surface area contributed by atoms with E-state index in [1.165, 1.54) is 0 Å². The number of ether oxygens (including phenoxy) is 3. The summed E-state index contributed by atoms with van der Waals surface area (Å²) in [4.78, 5) is 0. The molecule has 0 rings (SSSR count). The van der Waals surface area contributed by atoms with Crippen LogP contribution in [0.5, 0.6) is 0 Å². The minimum atomic E-state index is -3.00. The van der Waals surface area contributed by atoms with Crippen molar-refractivity contribution in [1.82, 2.24) is 0 Å². The van der Waals surface area contributed by atoms with Crippen LogP contribution in [-0.2, 0) is 35.7 Å². The highest BCUT2D eigenvalue weighted by Crippen LogP contribution is 2.30. The normalized spacial score (nSPS) is 13.8. The molecule has 0 aromatic heterocycles. The topological polar surface area (TPSA) is 73.8 Å². The summed E-state index contributed by atoms with van der Waals surface area (Å²) in [5.74, 6) is 0. The molecule has 0 spiro atoms. The first kappa shape index (κ1) is 30.5. The molecule has 0 aromatic carbocycles. The van der Waals surface area contributed by atoms with Gasteiger partial charge in [-0.2, -0.15) is 0 Å². The van der Waals surface area contributed by atoms with Gasteiger partial charge in [-0.15, -0.1) is 0 Å². The Morgan fingerprint density at radius 3 is 1.07 bits per heavy atom. The monoisotopic (exact) mass is 502 g/mol. The summed E-state index contributed by atoms with van der Waals surface area (Å²) in [5.41, 5.74) is 0. The van der Waals surface area contributed by atoms with Crippen LogP contribution < -0.4 is 0 Å². The van der Waals surface area contributed by atoms with Gasteiger partial charge in [0.2, 0.25) is 0 Å². The molecule has 0 fully saturated rings. The van der Waals surface area contributed by atoms with Gasteiger partial charge in [0.1, 0.15) is 0 Å². The lowest BCUT2D eigenvalue weighted by Gasteiger charge is -2.40. The van der Waals surface area contributed by atoms with E-state index in [0.717, 1.165) is 6.04 Å². The standard InChI is InChI=1S/C18H46O8Si4/c1-19-11-14-22-30(23-15-12-20-2,24-16-13-21-3)18-17-29(10,25-27(4,5)6)26-28(7,8)9/h11-18H2,1-10H3. The second kappa shape index (κ2) is 14.6. The molecule has 0 bridgehead atoms. The molecule has 30 heavy (non-hydrogen) atoms. The van der Waals surface area contributed by atoms with Crippen molar-refractivity contribution in [3.05, 3.63) is 0 Å². The van der Waals surface area contributed by atoms with Crippen LogP contribution in [0.1, 0.15) is 0 Å². The molecule has 8 nitrogen and oxygen atoms in total. The van der Waals surface area contributed by atoms with Crippen molar-refractivity contribution in [2.75, 3.05) is 61.0 Å². The highest BCUT2D eigenvalue weighted by atomic mass is 28.5. The molecule has 0 aromatic rings. The SMILES string of the molecule is COCCO[Si](CC[Si](C)(O[Si](C)(C)C)O[Si](C)(C)C)(OCCOC)OCCOC. The van der Waals surface area contributed by atoms with Crippen LogP contribution in [0.2, 0.25) is 57.9 Å². The van der Waals surface area contributed by atoms with E-state index in [0.29, 0.717) is 45.7 Å². The Morgan fingerprint density at radius 2 is 0.800 bits per heavy atom. The summed E-state index contributed by atoms with van der Waals surface area (Å²) >= 11 is 0. The zero-order valence-corrected chi connectivity index (χ0v) is 24.9. The van der Waals surface area contributed by atoms with Crippen LogP contribution in [0.3, 0.4) is 0 Å². The molecule has 0 saturated heterocycles. The van der Waals surface area contributed by atoms with Crippen LogP contribution in [-0.4, -0.2) is 95.0 Å². The molecule has 0 unspecified atom stereocenters. The number of hydrogen-bond donors (Lipinski definition) is 0. The number of hydrogen-bond acceptors (Lipinski definition) is 8. The van der Waals surface area contributed by atoms with Gasteiger partial charge in [0.25, 0.3) is 0 Å². The fourth-order valence-electron chi connectivity index (χ4n) is 2.98. The summed E-state index contributed by atoms with van der Waals surface area (Å²) < 4.78 is 47.4. The summed E-state index contributed by atoms with van der Waals surface area (Å²) in [6, 6.07) is 1.38. The summed E-state index contributed by atoms with van der Waals surface area (Å²) in [6.07, 6.45) is 0. The zero-order chi connectivity index (χ0) is 23.3. The smallest absolute Gasteiger partial charge is 0.437 e. The molecule has 182 valence electrons. The molecule has 0 heterocycles. The second-order valence-electron chi connectivity index (χ2n) is 9.27. The van der Waals surface area contributed by atoms with Crippen LogP contribution >= 0.6 is 0 Å². The second-order valence-corrected chi connectivity index (χ2v) is 24.9. The fraction of sp³-hybridized carbons (Fsp3) is 1.00. The van der Waals surface area contributed by atoms with E-state index in [2.05, 4.69) is 45.8 Å². The minimum absolute atomic E-state index is 0.407. The van der Waals surface area contributed by atoms with E-state index in [4.69, 9.17) is 35.7 Å². The molecular formula is C18H46O8Si4. The first-order valence-electron chi connectivity index (χ1n) is 10.6. The van der Waals surface area contributed by atoms with E-state index in [1.807, 2.05) is 0 Å². The van der Waals surface area contributed by atoms with Crippen LogP contribution in [0, 0.1) is 0 Å². The Bertz CT molecular complexity index is 400. The molecule has 0 N–H and O–H groups in total. The lowest BCUT2D eigenvalue weighted by molar-refractivity contribution is 0.0151. The predicted octanol–water partition coefficient (Wildman–Crippen LogP) is 3.69. The van der Waals surface area contributed by atoms with Gasteiger partial charge in [-0.3, -0.25) is 0 Å². The Labute approximate surface area is 188 Å². The Morgan fingerprint density at radius 1 is 0.467 bits per heavy atom. The number of rotatable bonds is 19. The van der Waals surface area contributed by atoms with Crippen LogP contribution in [0.25, 0.3) is 0 Å². The molecular weight excluding hydrogens is 457 g/mol. The minimum Gasteiger partial charge on any atom is -0.437 e. The number of methoxy groups -OCH3 is 3. The van der Waals surface area contributed by atoms with E-state index < -0.39 is 34.0 Å². The van der Waals surface area contributed by atoms with Gasteiger partial charge in [0, 0.05) is 27.4 Å². The van der Waals surface area contributed by atoms with E-state index >= 15 is 0 Å². The molecule has 0 atom stereocenters. The molecule has 0 amide bonds. The van der Waals surface area contributed by atoms with Crippen molar-refractivity contribution in [2.45, 2.75) is 57.9 Å². The third kappa shape index (κ3) is 15.4. The third-order valence-electron chi connectivity index (χ3n) is 3.76. The van der Waals surface area contributed by atoms with Gasteiger partial charge >= 0.3 is 17.4 Å². The van der Waals surface area contributed by atoms with Gasteiger partial charge in [-0.05, 0) is 51.9 Å². The molecule has 0 aliphatic rings. The predicted molar refractivity (Wildman–Crippen MR) is 129 cm³/mol. The maximum absolute atomic E-state index is 6.65. The van der Waals surface area contributed by atoms with Crippen molar-refractivity contribution in [1.29, 1.82) is 0 Å². The highest BCUT2D eigenvalue weighted by molar-refractivity contribution is 6.88. The van der Waals surface area contributed by atoms with Gasteiger partial charge < -0.3 is 35.7 Å². The molecule has 0 aliphatic heterocycles. The molecule has 0 radical (unpaired) electrons. The zero-order valence-electron chi connectivity index (χ0n) is 20.9. The van der Waals surface area contributed by atoms with E-state index in [9.17, 15) is 0 Å². The van der Waals surface area contributed by atoms with Gasteiger partial charge in [0.15, 0.2) is 16.6 Å². The van der Waals surface area contributed by atoms with Crippen LogP contribution in [0.4, 0.5) is 0 Å². The van der Waals surface area contributed by atoms with Crippen molar-refractivity contribution >= 4 is 34.0 Å². The lowest BCUT2D eigenvalue weighted by Crippen LogP contribution is -2.55. The average Bonchev–Trinajstić information content (AvgIpc) is 2.57. The molecule has 12 heteroatoms. The Kier molecular flexibility index (Phi) is 14.9. The van der Waals surface area contributed by atoms with Gasteiger partial charge in [-0.1, -0.05) is 0 Å². The van der Waals surface area contributed by atoms with Crippen molar-refractivity contribution in [2.24, 2.45) is 0 Å². The summed E-state index contributed by atoms with van der Waals surface area (Å²) in [7, 11) is -4.08. The lowest BCUT2D eigenvalue weighted by atomic mass is 10.8. The Balaban J connectivity index is 5.56. The Hall–Kier alpha value is 0.548. The van der Waals surface area contributed by atoms with E-state index in [-0.39, 0.29) is 0 Å². The quantitative estimate of drug-likeness (QED) is 0.196. The highest BCUT2D eigenvalue weighted by Gasteiger charge is 2.47.